The zero-order chi connectivity index (χ0) is 15.0. The molecule has 0 aliphatic rings. The topological polar surface area (TPSA) is 55.1 Å². The molecule has 0 atom stereocenters. The Kier molecular flexibility index (Phi) is 3.71. The van der Waals surface area contributed by atoms with Gasteiger partial charge in [-0.15, -0.1) is 11.3 Å². The predicted molar refractivity (Wildman–Crippen MR) is 83.9 cm³/mol. The third kappa shape index (κ3) is 2.81. The zero-order valence-electron chi connectivity index (χ0n) is 10.5. The fraction of sp³-hybridized carbons (Fsp3) is 0. The number of halogens is 2. The molecule has 1 N–H and O–H groups in total. The summed E-state index contributed by atoms with van der Waals surface area (Å²) in [6, 6.07) is 12.1. The average Bonchev–Trinajstić information content (AvgIpc) is 3.05. The van der Waals surface area contributed by atoms with Crippen LogP contribution < -0.4 is 0 Å². The minimum atomic E-state index is -1.08. The molecular formula is C14H8Cl2N2O2S. The minimum Gasteiger partial charge on any atom is -0.476 e. The molecule has 7 heteroatoms. The Morgan fingerprint density at radius 1 is 1.14 bits per heavy atom. The van der Waals surface area contributed by atoms with Crippen molar-refractivity contribution in [2.45, 2.75) is 0 Å². The van der Waals surface area contributed by atoms with Crippen molar-refractivity contribution in [2.24, 2.45) is 0 Å². The van der Waals surface area contributed by atoms with Gasteiger partial charge < -0.3 is 5.11 Å². The van der Waals surface area contributed by atoms with E-state index in [4.69, 9.17) is 28.3 Å². The SMILES string of the molecule is O=C(O)c1cc(-c2ccc(Cl)s2)n(-c2ccc(Cl)cc2)n1. The van der Waals surface area contributed by atoms with Crippen LogP contribution in [0.4, 0.5) is 0 Å². The standard InChI is InChI=1S/C14H8Cl2N2O2S/c15-8-1-3-9(4-2-8)18-11(7-10(17-18)14(19)20)12-5-6-13(16)21-12/h1-7H,(H,19,20). The van der Waals surface area contributed by atoms with Gasteiger partial charge in [-0.2, -0.15) is 5.10 Å². The maximum absolute atomic E-state index is 11.2. The highest BCUT2D eigenvalue weighted by atomic mass is 35.5. The van der Waals surface area contributed by atoms with Crippen molar-refractivity contribution in [2.75, 3.05) is 0 Å². The molecule has 1 aromatic carbocycles. The number of aromatic nitrogens is 2. The second-order valence-electron chi connectivity index (χ2n) is 4.21. The number of hydrogen-bond donors (Lipinski definition) is 1. The Hall–Kier alpha value is -1.82. The number of aromatic carboxylic acids is 1. The van der Waals surface area contributed by atoms with E-state index in [1.807, 2.05) is 6.07 Å². The highest BCUT2D eigenvalue weighted by Gasteiger charge is 2.17. The van der Waals surface area contributed by atoms with Crippen molar-refractivity contribution in [3.8, 4) is 16.3 Å². The molecule has 21 heavy (non-hydrogen) atoms. The number of nitrogens with zero attached hydrogens (tertiary/aromatic N) is 2. The molecule has 0 unspecified atom stereocenters. The van der Waals surface area contributed by atoms with Crippen LogP contribution in [0, 0.1) is 0 Å². The minimum absolute atomic E-state index is 0.0236. The number of rotatable bonds is 3. The normalized spacial score (nSPS) is 10.8. The lowest BCUT2D eigenvalue weighted by Crippen LogP contribution is -2.01. The number of benzene rings is 1. The van der Waals surface area contributed by atoms with E-state index in [9.17, 15) is 4.79 Å². The first kappa shape index (κ1) is 14.1. The molecule has 3 aromatic rings. The summed E-state index contributed by atoms with van der Waals surface area (Å²) >= 11 is 13.2. The number of hydrogen-bond acceptors (Lipinski definition) is 3. The molecule has 0 radical (unpaired) electrons. The number of thiophene rings is 1. The van der Waals surface area contributed by atoms with Gasteiger partial charge in [0.25, 0.3) is 0 Å². The van der Waals surface area contributed by atoms with E-state index in [1.165, 1.54) is 17.4 Å². The molecule has 0 fully saturated rings. The van der Waals surface area contributed by atoms with Crippen molar-refractivity contribution >= 4 is 40.5 Å². The van der Waals surface area contributed by atoms with E-state index in [-0.39, 0.29) is 5.69 Å². The van der Waals surface area contributed by atoms with Crippen LogP contribution in [0.5, 0.6) is 0 Å². The quantitative estimate of drug-likeness (QED) is 0.758. The molecule has 0 aliphatic carbocycles. The van der Waals surface area contributed by atoms with Crippen LogP contribution in [0.3, 0.4) is 0 Å². The molecule has 0 saturated heterocycles. The number of carboxylic acid groups (broad SMARTS) is 1. The molecule has 0 amide bonds. The Bertz CT molecular complexity index is 809. The van der Waals surface area contributed by atoms with Gasteiger partial charge in [0, 0.05) is 11.1 Å². The first-order chi connectivity index (χ1) is 10.0. The Balaban J connectivity index is 2.18. The van der Waals surface area contributed by atoms with E-state index in [1.54, 1.807) is 35.0 Å². The molecule has 106 valence electrons. The van der Waals surface area contributed by atoms with Gasteiger partial charge in [-0.25, -0.2) is 9.48 Å². The fourth-order valence-electron chi connectivity index (χ4n) is 1.89. The summed E-state index contributed by atoms with van der Waals surface area (Å²) in [6.45, 7) is 0. The highest BCUT2D eigenvalue weighted by molar-refractivity contribution is 7.19. The number of carboxylic acids is 1. The summed E-state index contributed by atoms with van der Waals surface area (Å²) in [5.41, 5.74) is 1.38. The van der Waals surface area contributed by atoms with Crippen molar-refractivity contribution < 1.29 is 9.90 Å². The maximum atomic E-state index is 11.2. The van der Waals surface area contributed by atoms with Gasteiger partial charge >= 0.3 is 5.97 Å². The smallest absolute Gasteiger partial charge is 0.356 e. The van der Waals surface area contributed by atoms with Gasteiger partial charge in [-0.3, -0.25) is 0 Å². The highest BCUT2D eigenvalue weighted by Crippen LogP contribution is 2.33. The van der Waals surface area contributed by atoms with Crippen LogP contribution in [0.25, 0.3) is 16.3 Å². The largest absolute Gasteiger partial charge is 0.476 e. The molecule has 4 nitrogen and oxygen atoms in total. The van der Waals surface area contributed by atoms with E-state index in [0.29, 0.717) is 15.1 Å². The third-order valence-electron chi connectivity index (χ3n) is 2.83. The van der Waals surface area contributed by atoms with Gasteiger partial charge in [-0.05, 0) is 36.4 Å². The van der Waals surface area contributed by atoms with Gasteiger partial charge in [0.05, 0.1) is 20.6 Å². The molecule has 3 rings (SSSR count). The van der Waals surface area contributed by atoms with Crippen LogP contribution in [-0.2, 0) is 0 Å². The summed E-state index contributed by atoms with van der Waals surface area (Å²) in [5.74, 6) is -1.08. The molecule has 0 spiro atoms. The van der Waals surface area contributed by atoms with Gasteiger partial charge in [0.1, 0.15) is 0 Å². The van der Waals surface area contributed by atoms with E-state index < -0.39 is 5.97 Å². The molecule has 0 bridgehead atoms. The van der Waals surface area contributed by atoms with E-state index in [0.717, 1.165) is 10.6 Å². The lowest BCUT2D eigenvalue weighted by Gasteiger charge is -2.05. The lowest BCUT2D eigenvalue weighted by atomic mass is 10.3. The summed E-state index contributed by atoms with van der Waals surface area (Å²) in [7, 11) is 0. The Morgan fingerprint density at radius 3 is 2.43 bits per heavy atom. The van der Waals surface area contributed by atoms with Crippen molar-refractivity contribution in [1.29, 1.82) is 0 Å². The molecule has 2 aromatic heterocycles. The Labute approximate surface area is 134 Å². The van der Waals surface area contributed by atoms with E-state index in [2.05, 4.69) is 5.10 Å². The van der Waals surface area contributed by atoms with Crippen LogP contribution >= 0.6 is 34.5 Å². The van der Waals surface area contributed by atoms with Crippen LogP contribution in [-0.4, -0.2) is 20.9 Å². The average molecular weight is 339 g/mol. The first-order valence-electron chi connectivity index (χ1n) is 5.89. The first-order valence-corrected chi connectivity index (χ1v) is 7.47. The Morgan fingerprint density at radius 2 is 1.86 bits per heavy atom. The fourth-order valence-corrected chi connectivity index (χ4v) is 3.06. The molecule has 0 aliphatic heterocycles. The zero-order valence-corrected chi connectivity index (χ0v) is 12.8. The summed E-state index contributed by atoms with van der Waals surface area (Å²) in [4.78, 5) is 12.0. The second-order valence-corrected chi connectivity index (χ2v) is 6.36. The molecule has 0 saturated carbocycles. The maximum Gasteiger partial charge on any atom is 0.356 e. The van der Waals surface area contributed by atoms with Crippen LogP contribution in [0.15, 0.2) is 42.5 Å². The number of carbonyl (C=O) groups is 1. The molecule has 2 heterocycles. The third-order valence-corrected chi connectivity index (χ3v) is 4.33. The van der Waals surface area contributed by atoms with Crippen LogP contribution in [0.2, 0.25) is 9.36 Å². The van der Waals surface area contributed by atoms with Crippen molar-refractivity contribution in [3.63, 3.8) is 0 Å². The van der Waals surface area contributed by atoms with Crippen molar-refractivity contribution in [3.05, 3.63) is 57.5 Å². The van der Waals surface area contributed by atoms with Gasteiger partial charge in [-0.1, -0.05) is 23.2 Å². The van der Waals surface area contributed by atoms with Gasteiger partial charge in [0.2, 0.25) is 0 Å². The van der Waals surface area contributed by atoms with Crippen molar-refractivity contribution in [1.82, 2.24) is 9.78 Å². The summed E-state index contributed by atoms with van der Waals surface area (Å²) in [6.07, 6.45) is 0. The second kappa shape index (κ2) is 5.52. The monoisotopic (exact) mass is 338 g/mol. The molecular weight excluding hydrogens is 331 g/mol. The summed E-state index contributed by atoms with van der Waals surface area (Å²) < 4.78 is 2.20. The van der Waals surface area contributed by atoms with Crippen LogP contribution in [0.1, 0.15) is 10.5 Å². The van der Waals surface area contributed by atoms with Gasteiger partial charge in [0.15, 0.2) is 5.69 Å². The van der Waals surface area contributed by atoms with E-state index >= 15 is 0 Å². The summed E-state index contributed by atoms with van der Waals surface area (Å²) in [5, 5.41) is 13.9. The predicted octanol–water partition coefficient (Wildman–Crippen LogP) is 4.61. The lowest BCUT2D eigenvalue weighted by molar-refractivity contribution is 0.0690.